The number of anilines is 2. The quantitative estimate of drug-likeness (QED) is 0.560. The van der Waals surface area contributed by atoms with Gasteiger partial charge in [0, 0.05) is 11.4 Å². The van der Waals surface area contributed by atoms with Gasteiger partial charge in [0.15, 0.2) is 0 Å². The molecule has 0 radical (unpaired) electrons. The molecule has 0 N–H and O–H groups in total. The van der Waals surface area contributed by atoms with Crippen LogP contribution in [0.3, 0.4) is 0 Å². The van der Waals surface area contributed by atoms with Gasteiger partial charge in [-0.25, -0.2) is 4.79 Å². The number of hydrogen-bond donors (Lipinski definition) is 0. The van der Waals surface area contributed by atoms with E-state index >= 15 is 0 Å². The Hall–Kier alpha value is -4.09. The van der Waals surface area contributed by atoms with Crippen molar-refractivity contribution in [2.45, 2.75) is 32.4 Å². The molecule has 0 aromatic heterocycles. The minimum absolute atomic E-state index is 0.147. The lowest BCUT2D eigenvalue weighted by molar-refractivity contribution is 0.254. The summed E-state index contributed by atoms with van der Waals surface area (Å²) in [4.78, 5) is 17.4. The van der Waals surface area contributed by atoms with Crippen molar-refractivity contribution >= 4 is 17.4 Å². The molecule has 0 bridgehead atoms. The Bertz CT molecular complexity index is 1210. The molecule has 0 aliphatic carbocycles. The molecule has 0 saturated carbocycles. The van der Waals surface area contributed by atoms with Gasteiger partial charge >= 0.3 is 6.03 Å². The zero-order chi connectivity index (χ0) is 22.2. The van der Waals surface area contributed by atoms with Crippen LogP contribution in [0.15, 0.2) is 72.8 Å². The number of rotatable bonds is 3. The van der Waals surface area contributed by atoms with Crippen LogP contribution in [0.2, 0.25) is 0 Å². The van der Waals surface area contributed by atoms with Crippen LogP contribution in [0, 0.1) is 29.6 Å². The molecular weight excluding hydrogens is 384 g/mol. The molecule has 4 rings (SSSR count). The molecular formula is C26H22N4O. The molecule has 2 amide bonds. The van der Waals surface area contributed by atoms with Crippen LogP contribution < -0.4 is 9.80 Å². The third kappa shape index (κ3) is 3.41. The summed E-state index contributed by atoms with van der Waals surface area (Å²) in [7, 11) is 0. The van der Waals surface area contributed by atoms with Gasteiger partial charge in [0.2, 0.25) is 0 Å². The molecule has 5 heteroatoms. The maximum atomic E-state index is 13.8. The van der Waals surface area contributed by atoms with Crippen molar-refractivity contribution in [2.24, 2.45) is 0 Å². The number of nitriles is 2. The Morgan fingerprint density at radius 3 is 2.06 bits per heavy atom. The van der Waals surface area contributed by atoms with Crippen LogP contribution in [-0.4, -0.2) is 11.6 Å². The highest BCUT2D eigenvalue weighted by Gasteiger charge is 2.53. The molecule has 1 heterocycles. The van der Waals surface area contributed by atoms with E-state index < -0.39 is 5.54 Å². The predicted molar refractivity (Wildman–Crippen MR) is 121 cm³/mol. The van der Waals surface area contributed by atoms with Gasteiger partial charge in [-0.3, -0.25) is 9.80 Å². The summed E-state index contributed by atoms with van der Waals surface area (Å²) < 4.78 is 0. The second-order valence-corrected chi connectivity index (χ2v) is 8.28. The summed E-state index contributed by atoms with van der Waals surface area (Å²) in [5, 5.41) is 18.5. The third-order valence-electron chi connectivity index (χ3n) is 5.80. The predicted octanol–water partition coefficient (Wildman–Crippen LogP) is 5.70. The third-order valence-corrected chi connectivity index (χ3v) is 5.80. The average molecular weight is 406 g/mol. The zero-order valence-electron chi connectivity index (χ0n) is 17.7. The highest BCUT2D eigenvalue weighted by atomic mass is 16.2. The van der Waals surface area contributed by atoms with Crippen molar-refractivity contribution in [1.82, 2.24) is 0 Å². The molecule has 5 nitrogen and oxygen atoms in total. The first kappa shape index (κ1) is 20.2. The van der Waals surface area contributed by atoms with Crippen LogP contribution in [0.1, 0.15) is 42.1 Å². The summed E-state index contributed by atoms with van der Waals surface area (Å²) in [6.07, 6.45) is 0. The second-order valence-electron chi connectivity index (χ2n) is 8.28. The summed E-state index contributed by atoms with van der Waals surface area (Å²) in [5.74, 6) is 0. The van der Waals surface area contributed by atoms with E-state index in [0.29, 0.717) is 11.1 Å². The SMILES string of the molecule is Cc1ccc(N2C(=O)N(c3ccc(C#N)cc3)C(C)(C)[C@@H]2c2cccc(C#N)c2)cc1. The molecule has 1 saturated heterocycles. The van der Waals surface area contributed by atoms with Gasteiger partial charge in [-0.2, -0.15) is 10.5 Å². The number of amides is 2. The summed E-state index contributed by atoms with van der Waals surface area (Å²) in [6, 6.07) is 26.2. The maximum Gasteiger partial charge on any atom is 0.330 e. The van der Waals surface area contributed by atoms with Crippen LogP contribution in [0.5, 0.6) is 0 Å². The minimum atomic E-state index is -0.621. The Morgan fingerprint density at radius 2 is 1.45 bits per heavy atom. The summed E-state index contributed by atoms with van der Waals surface area (Å²) in [5.41, 5.74) is 4.01. The van der Waals surface area contributed by atoms with E-state index in [9.17, 15) is 10.1 Å². The van der Waals surface area contributed by atoms with Gasteiger partial charge in [-0.15, -0.1) is 0 Å². The van der Waals surface area contributed by atoms with E-state index in [-0.39, 0.29) is 12.1 Å². The molecule has 1 aliphatic rings. The molecule has 31 heavy (non-hydrogen) atoms. The van der Waals surface area contributed by atoms with Gasteiger partial charge in [0.1, 0.15) is 0 Å². The molecule has 3 aromatic carbocycles. The van der Waals surface area contributed by atoms with Crippen LogP contribution in [-0.2, 0) is 0 Å². The van der Waals surface area contributed by atoms with Crippen molar-refractivity contribution in [1.29, 1.82) is 10.5 Å². The largest absolute Gasteiger partial charge is 0.330 e. The van der Waals surface area contributed by atoms with Crippen LogP contribution in [0.25, 0.3) is 0 Å². The van der Waals surface area contributed by atoms with E-state index in [4.69, 9.17) is 5.26 Å². The van der Waals surface area contributed by atoms with Crippen molar-refractivity contribution in [3.05, 3.63) is 95.1 Å². The number of carbonyl (C=O) groups excluding carboxylic acids is 1. The molecule has 1 aliphatic heterocycles. The van der Waals surface area contributed by atoms with E-state index in [2.05, 4.69) is 12.1 Å². The fraction of sp³-hybridized carbons (Fsp3) is 0.192. The highest BCUT2D eigenvalue weighted by molar-refractivity contribution is 6.08. The number of aryl methyl sites for hydroxylation is 1. The second kappa shape index (κ2) is 7.63. The van der Waals surface area contributed by atoms with E-state index in [1.807, 2.05) is 63.2 Å². The fourth-order valence-electron chi connectivity index (χ4n) is 4.33. The monoisotopic (exact) mass is 406 g/mol. The molecule has 1 fully saturated rings. The van der Waals surface area contributed by atoms with Crippen LogP contribution in [0.4, 0.5) is 16.2 Å². The van der Waals surface area contributed by atoms with Gasteiger partial charge < -0.3 is 0 Å². The summed E-state index contributed by atoms with van der Waals surface area (Å²) in [6.45, 7) is 6.07. The van der Waals surface area contributed by atoms with Crippen molar-refractivity contribution < 1.29 is 4.79 Å². The number of nitrogens with zero attached hydrogens (tertiary/aromatic N) is 4. The number of carbonyl (C=O) groups is 1. The first-order valence-electron chi connectivity index (χ1n) is 10.1. The lowest BCUT2D eigenvalue weighted by Gasteiger charge is -2.35. The highest BCUT2D eigenvalue weighted by Crippen LogP contribution is 2.47. The lowest BCUT2D eigenvalue weighted by atomic mass is 9.87. The van der Waals surface area contributed by atoms with Crippen molar-refractivity contribution in [2.75, 3.05) is 9.80 Å². The van der Waals surface area contributed by atoms with Crippen LogP contribution >= 0.6 is 0 Å². The smallest absolute Gasteiger partial charge is 0.286 e. The molecule has 0 unspecified atom stereocenters. The Morgan fingerprint density at radius 1 is 0.839 bits per heavy atom. The summed E-state index contributed by atoms with van der Waals surface area (Å²) >= 11 is 0. The van der Waals surface area contributed by atoms with E-state index in [1.165, 1.54) is 0 Å². The fourth-order valence-corrected chi connectivity index (χ4v) is 4.33. The van der Waals surface area contributed by atoms with Crippen molar-refractivity contribution in [3.63, 3.8) is 0 Å². The lowest BCUT2D eigenvalue weighted by Crippen LogP contribution is -2.43. The van der Waals surface area contributed by atoms with Gasteiger partial charge in [-0.1, -0.05) is 29.8 Å². The normalized spacial score (nSPS) is 17.3. The number of benzene rings is 3. The van der Waals surface area contributed by atoms with Gasteiger partial charge in [0.05, 0.1) is 34.8 Å². The molecule has 1 atom stereocenters. The van der Waals surface area contributed by atoms with Gasteiger partial charge in [0.25, 0.3) is 0 Å². The van der Waals surface area contributed by atoms with Gasteiger partial charge in [-0.05, 0) is 74.9 Å². The number of urea groups is 1. The molecule has 0 spiro atoms. The average Bonchev–Trinajstić information content (AvgIpc) is 2.99. The van der Waals surface area contributed by atoms with E-state index in [0.717, 1.165) is 22.5 Å². The molecule has 3 aromatic rings. The molecule has 152 valence electrons. The first-order valence-corrected chi connectivity index (χ1v) is 10.1. The standard InChI is InChI=1S/C26H22N4O/c1-18-7-11-22(12-8-18)29-24(21-6-4-5-20(15-21)17-28)26(2,3)30(25(29)31)23-13-9-19(16-27)10-14-23/h4-15,24H,1-3H3/t24-/m0/s1. The van der Waals surface area contributed by atoms with E-state index in [1.54, 1.807) is 40.1 Å². The Balaban J connectivity index is 1.90. The maximum absolute atomic E-state index is 13.8. The number of hydrogen-bond acceptors (Lipinski definition) is 3. The Labute approximate surface area is 182 Å². The van der Waals surface area contributed by atoms with Crippen molar-refractivity contribution in [3.8, 4) is 12.1 Å². The topological polar surface area (TPSA) is 71.1 Å². The first-order chi connectivity index (χ1) is 14.9. The minimum Gasteiger partial charge on any atom is -0.286 e. The Kier molecular flexibility index (Phi) is 4.97. The zero-order valence-corrected chi connectivity index (χ0v) is 17.7.